The van der Waals surface area contributed by atoms with E-state index in [1.807, 2.05) is 36.4 Å². The van der Waals surface area contributed by atoms with E-state index >= 15 is 4.39 Å². The highest BCUT2D eigenvalue weighted by atomic mass is 19.1. The van der Waals surface area contributed by atoms with Crippen molar-refractivity contribution in [2.45, 2.75) is 31.2 Å². The van der Waals surface area contributed by atoms with Gasteiger partial charge in [-0.15, -0.1) is 0 Å². The van der Waals surface area contributed by atoms with Crippen LogP contribution in [0.4, 0.5) is 15.8 Å². The van der Waals surface area contributed by atoms with E-state index in [4.69, 9.17) is 4.74 Å². The highest BCUT2D eigenvalue weighted by Crippen LogP contribution is 2.47. The molecule has 0 radical (unpaired) electrons. The van der Waals surface area contributed by atoms with Gasteiger partial charge in [-0.2, -0.15) is 0 Å². The maximum Gasteiger partial charge on any atom is 0.251 e. The van der Waals surface area contributed by atoms with Gasteiger partial charge in [0.25, 0.3) is 5.91 Å². The van der Waals surface area contributed by atoms with Gasteiger partial charge in [-0.3, -0.25) is 9.69 Å². The van der Waals surface area contributed by atoms with Crippen LogP contribution in [0.1, 0.15) is 57.3 Å². The fourth-order valence-corrected chi connectivity index (χ4v) is 8.10. The molecule has 0 aliphatic carbocycles. The maximum atomic E-state index is 16.0. The number of carbonyl (C=O) groups is 1. The van der Waals surface area contributed by atoms with Gasteiger partial charge in [0.2, 0.25) is 0 Å². The molecule has 8 heteroatoms. The summed E-state index contributed by atoms with van der Waals surface area (Å²) in [4.78, 5) is 19.1. The summed E-state index contributed by atoms with van der Waals surface area (Å²) in [6.45, 7) is 7.92. The molecule has 0 spiro atoms. The second-order valence-corrected chi connectivity index (χ2v) is 13.5. The number of piperazine rings is 1. The number of aromatic hydroxyl groups is 1. The number of halogens is 1. The SMILES string of the molecule is O=C1NCc2cc(N3CCN(CC4CCN(c5ccc([C@H]6c7ccc(O)cc7OC[C@H]6c6ccccc6)cc5F)CC4)CC3)ccc21. The van der Waals surface area contributed by atoms with Crippen LogP contribution in [0.25, 0.3) is 0 Å². The highest BCUT2D eigenvalue weighted by molar-refractivity contribution is 5.98. The Morgan fingerprint density at radius 2 is 1.64 bits per heavy atom. The largest absolute Gasteiger partial charge is 0.508 e. The third-order valence-corrected chi connectivity index (χ3v) is 10.7. The van der Waals surface area contributed by atoms with Gasteiger partial charge in [0.05, 0.1) is 12.3 Å². The van der Waals surface area contributed by atoms with E-state index in [1.165, 1.54) is 5.69 Å². The fraction of sp³-hybridized carbons (Fsp3) is 0.359. The third-order valence-electron chi connectivity index (χ3n) is 10.7. The molecule has 2 saturated heterocycles. The Hall–Kier alpha value is -4.56. The van der Waals surface area contributed by atoms with Gasteiger partial charge in [-0.05, 0) is 71.8 Å². The molecule has 2 N–H and O–H groups in total. The molecule has 242 valence electrons. The third kappa shape index (κ3) is 5.91. The number of hydrogen-bond donors (Lipinski definition) is 2. The smallest absolute Gasteiger partial charge is 0.251 e. The molecule has 4 aromatic carbocycles. The number of amides is 1. The standard InChI is InChI=1S/C39H41FN4O3/c40-35-21-28(38-33-10-8-31(45)22-37(33)47-25-34(38)27-4-2-1-3-5-27)6-11-36(35)44-14-12-26(13-15-44)24-42-16-18-43(19-17-42)30-7-9-32-29(20-30)23-41-39(32)46/h1-11,20-22,26,34,38,45H,12-19,23-25H2,(H,41,46)/t34-,38-/m0/s1. The molecule has 0 aromatic heterocycles. The van der Waals surface area contributed by atoms with Crippen molar-refractivity contribution in [1.29, 1.82) is 0 Å². The van der Waals surface area contributed by atoms with Gasteiger partial charge in [0.15, 0.2) is 0 Å². The quantitative estimate of drug-likeness (QED) is 0.267. The van der Waals surface area contributed by atoms with Crippen LogP contribution in [0.5, 0.6) is 11.5 Å². The lowest BCUT2D eigenvalue weighted by Gasteiger charge is -2.40. The van der Waals surface area contributed by atoms with Gasteiger partial charge in [-0.1, -0.05) is 42.5 Å². The predicted octanol–water partition coefficient (Wildman–Crippen LogP) is 6.12. The Morgan fingerprint density at radius 3 is 2.43 bits per heavy atom. The monoisotopic (exact) mass is 632 g/mol. The van der Waals surface area contributed by atoms with E-state index in [-0.39, 0.29) is 29.3 Å². The first-order valence-corrected chi connectivity index (χ1v) is 16.9. The normalized spacial score (nSPS) is 21.6. The van der Waals surface area contributed by atoms with E-state index in [9.17, 15) is 9.90 Å². The summed E-state index contributed by atoms with van der Waals surface area (Å²) in [5, 5.41) is 13.0. The first-order valence-electron chi connectivity index (χ1n) is 16.9. The van der Waals surface area contributed by atoms with Gasteiger partial charge in [0.1, 0.15) is 17.3 Å². The van der Waals surface area contributed by atoms with Crippen molar-refractivity contribution in [3.05, 3.63) is 119 Å². The number of benzene rings is 4. The Morgan fingerprint density at radius 1 is 0.830 bits per heavy atom. The van der Waals surface area contributed by atoms with Crippen LogP contribution in [0.3, 0.4) is 0 Å². The van der Waals surface area contributed by atoms with Crippen molar-refractivity contribution in [3.63, 3.8) is 0 Å². The zero-order chi connectivity index (χ0) is 31.9. The Balaban J connectivity index is 0.898. The van der Waals surface area contributed by atoms with Crippen LogP contribution in [-0.4, -0.2) is 68.3 Å². The van der Waals surface area contributed by atoms with E-state index in [0.717, 1.165) is 86.5 Å². The summed E-state index contributed by atoms with van der Waals surface area (Å²) in [5.74, 6) is 1.24. The second-order valence-electron chi connectivity index (χ2n) is 13.5. The lowest BCUT2D eigenvalue weighted by molar-refractivity contribution is 0.0965. The Kier molecular flexibility index (Phi) is 7.97. The maximum absolute atomic E-state index is 16.0. The fourth-order valence-electron chi connectivity index (χ4n) is 8.10. The van der Waals surface area contributed by atoms with Crippen LogP contribution in [0, 0.1) is 11.7 Å². The number of anilines is 2. The molecule has 2 fully saturated rings. The van der Waals surface area contributed by atoms with E-state index < -0.39 is 0 Å². The minimum absolute atomic E-state index is 0.0304. The number of hydrogen-bond acceptors (Lipinski definition) is 6. The molecule has 0 saturated carbocycles. The minimum atomic E-state index is -0.178. The molecule has 1 amide bonds. The molecule has 4 aliphatic heterocycles. The summed E-state index contributed by atoms with van der Waals surface area (Å²) in [7, 11) is 0. The predicted molar refractivity (Wildman–Crippen MR) is 182 cm³/mol. The van der Waals surface area contributed by atoms with Gasteiger partial charge in [-0.25, -0.2) is 4.39 Å². The number of carbonyl (C=O) groups excluding carboxylic acids is 1. The summed E-state index contributed by atoms with van der Waals surface area (Å²) in [6, 6.07) is 27.5. The molecular formula is C39H41FN4O3. The second kappa shape index (κ2) is 12.6. The van der Waals surface area contributed by atoms with Crippen LogP contribution in [-0.2, 0) is 6.54 Å². The van der Waals surface area contributed by atoms with Crippen molar-refractivity contribution in [2.24, 2.45) is 5.92 Å². The number of nitrogens with zero attached hydrogens (tertiary/aromatic N) is 3. The number of ether oxygens (including phenoxy) is 1. The summed E-state index contributed by atoms with van der Waals surface area (Å²) < 4.78 is 22.1. The van der Waals surface area contributed by atoms with Crippen LogP contribution in [0.15, 0.2) is 84.9 Å². The van der Waals surface area contributed by atoms with Crippen molar-refractivity contribution in [1.82, 2.24) is 10.2 Å². The molecule has 7 nitrogen and oxygen atoms in total. The van der Waals surface area contributed by atoms with E-state index in [2.05, 4.69) is 50.3 Å². The molecule has 2 atom stereocenters. The van der Waals surface area contributed by atoms with Crippen molar-refractivity contribution >= 4 is 17.3 Å². The summed E-state index contributed by atoms with van der Waals surface area (Å²) in [5.41, 5.74) is 6.84. The number of fused-ring (bicyclic) bond motifs is 2. The van der Waals surface area contributed by atoms with Crippen molar-refractivity contribution < 1.29 is 19.0 Å². The molecule has 47 heavy (non-hydrogen) atoms. The van der Waals surface area contributed by atoms with Crippen LogP contribution < -0.4 is 19.9 Å². The number of rotatable bonds is 6. The first-order chi connectivity index (χ1) is 23.0. The molecule has 4 aromatic rings. The zero-order valence-electron chi connectivity index (χ0n) is 26.6. The van der Waals surface area contributed by atoms with Gasteiger partial charge >= 0.3 is 0 Å². The molecule has 8 rings (SSSR count). The number of nitrogens with one attached hydrogen (secondary N) is 1. The molecule has 0 bridgehead atoms. The lowest BCUT2D eigenvalue weighted by Crippen LogP contribution is -2.49. The van der Waals surface area contributed by atoms with Crippen LogP contribution in [0.2, 0.25) is 0 Å². The molecule has 4 heterocycles. The van der Waals surface area contributed by atoms with Gasteiger partial charge < -0.3 is 25.0 Å². The molecular weight excluding hydrogens is 591 g/mol. The molecule has 4 aliphatic rings. The highest BCUT2D eigenvalue weighted by Gasteiger charge is 2.34. The number of phenolic OH excluding ortho intramolecular Hbond substituents is 1. The van der Waals surface area contributed by atoms with E-state index in [1.54, 1.807) is 18.2 Å². The topological polar surface area (TPSA) is 68.3 Å². The van der Waals surface area contributed by atoms with E-state index in [0.29, 0.717) is 30.5 Å². The van der Waals surface area contributed by atoms with Crippen LogP contribution >= 0.6 is 0 Å². The minimum Gasteiger partial charge on any atom is -0.508 e. The molecule has 0 unspecified atom stereocenters. The Bertz CT molecular complexity index is 1770. The average Bonchev–Trinajstić information content (AvgIpc) is 3.48. The van der Waals surface area contributed by atoms with Crippen molar-refractivity contribution in [2.75, 3.05) is 62.2 Å². The Labute approximate surface area is 275 Å². The summed E-state index contributed by atoms with van der Waals surface area (Å²) >= 11 is 0. The number of piperidine rings is 1. The number of phenols is 1. The van der Waals surface area contributed by atoms with Gasteiger partial charge in [0, 0.05) is 87.1 Å². The first kappa shape index (κ1) is 29.8. The lowest BCUT2D eigenvalue weighted by atomic mass is 9.76. The zero-order valence-corrected chi connectivity index (χ0v) is 26.6. The average molecular weight is 633 g/mol. The van der Waals surface area contributed by atoms with Crippen molar-refractivity contribution in [3.8, 4) is 11.5 Å². The summed E-state index contributed by atoms with van der Waals surface area (Å²) in [6.07, 6.45) is 2.11.